The highest BCUT2D eigenvalue weighted by Crippen LogP contribution is 2.43. The molecule has 0 saturated carbocycles. The van der Waals surface area contributed by atoms with E-state index < -0.39 is 17.8 Å². The number of ether oxygens (including phenoxy) is 1. The summed E-state index contributed by atoms with van der Waals surface area (Å²) in [6.07, 6.45) is 3.05. The number of hydrogen-bond donors (Lipinski definition) is 2. The van der Waals surface area contributed by atoms with Gasteiger partial charge in [0.15, 0.2) is 0 Å². The van der Waals surface area contributed by atoms with Crippen molar-refractivity contribution in [3.63, 3.8) is 0 Å². The number of carboxylic acids is 1. The summed E-state index contributed by atoms with van der Waals surface area (Å²) in [6.45, 7) is 2.67. The fraction of sp³-hybridized carbons (Fsp3) is 0.833. The van der Waals surface area contributed by atoms with E-state index in [1.54, 1.807) is 0 Å². The number of amides is 1. The zero-order chi connectivity index (χ0) is 12.4. The Morgan fingerprint density at radius 3 is 2.53 bits per heavy atom. The minimum atomic E-state index is -0.909. The first-order valence-electron chi connectivity index (χ1n) is 6.31. The molecule has 0 aromatic carbocycles. The van der Waals surface area contributed by atoms with Crippen LogP contribution in [0, 0.1) is 11.8 Å². The van der Waals surface area contributed by atoms with Crippen LogP contribution in [0.15, 0.2) is 0 Å². The first-order valence-corrected chi connectivity index (χ1v) is 6.31. The zero-order valence-corrected chi connectivity index (χ0v) is 10.0. The lowest BCUT2D eigenvalue weighted by atomic mass is 9.78. The number of rotatable bonds is 5. The van der Waals surface area contributed by atoms with Gasteiger partial charge in [-0.3, -0.25) is 9.59 Å². The van der Waals surface area contributed by atoms with Gasteiger partial charge in [0, 0.05) is 6.54 Å². The van der Waals surface area contributed by atoms with Gasteiger partial charge in [-0.25, -0.2) is 0 Å². The average molecular weight is 241 g/mol. The summed E-state index contributed by atoms with van der Waals surface area (Å²) < 4.78 is 5.54. The summed E-state index contributed by atoms with van der Waals surface area (Å²) >= 11 is 0. The molecule has 2 saturated heterocycles. The molecule has 0 aromatic heterocycles. The Bertz CT molecular complexity index is 318. The molecular formula is C12H19NO4. The molecule has 2 heterocycles. The Hall–Kier alpha value is -1.10. The first kappa shape index (κ1) is 12.4. The Balaban J connectivity index is 1.98. The second kappa shape index (κ2) is 5.04. The van der Waals surface area contributed by atoms with E-state index in [9.17, 15) is 9.59 Å². The molecule has 4 atom stereocenters. The number of carbonyl (C=O) groups is 2. The summed E-state index contributed by atoms with van der Waals surface area (Å²) in [7, 11) is 0. The average Bonchev–Trinajstić information content (AvgIpc) is 2.88. The molecule has 5 heteroatoms. The van der Waals surface area contributed by atoms with E-state index in [-0.39, 0.29) is 18.1 Å². The van der Waals surface area contributed by atoms with Crippen LogP contribution in [-0.4, -0.2) is 35.7 Å². The topological polar surface area (TPSA) is 75.6 Å². The second-order valence-corrected chi connectivity index (χ2v) is 4.82. The minimum absolute atomic E-state index is 0.155. The van der Waals surface area contributed by atoms with Crippen molar-refractivity contribution < 1.29 is 19.4 Å². The van der Waals surface area contributed by atoms with Crippen LogP contribution in [0.5, 0.6) is 0 Å². The molecule has 2 fully saturated rings. The smallest absolute Gasteiger partial charge is 0.310 e. The molecule has 2 aliphatic rings. The maximum atomic E-state index is 12.0. The van der Waals surface area contributed by atoms with Crippen LogP contribution in [0.4, 0.5) is 0 Å². The van der Waals surface area contributed by atoms with E-state index >= 15 is 0 Å². The van der Waals surface area contributed by atoms with Crippen molar-refractivity contribution in [3.05, 3.63) is 0 Å². The van der Waals surface area contributed by atoms with E-state index in [4.69, 9.17) is 9.84 Å². The Morgan fingerprint density at radius 1 is 1.29 bits per heavy atom. The molecule has 0 aliphatic carbocycles. The van der Waals surface area contributed by atoms with Gasteiger partial charge in [0.1, 0.15) is 0 Å². The van der Waals surface area contributed by atoms with Gasteiger partial charge < -0.3 is 15.2 Å². The van der Waals surface area contributed by atoms with Gasteiger partial charge in [0.05, 0.1) is 24.0 Å². The summed E-state index contributed by atoms with van der Waals surface area (Å²) in [4.78, 5) is 23.1. The highest BCUT2D eigenvalue weighted by molar-refractivity contribution is 5.86. The number of nitrogens with one attached hydrogen (secondary N) is 1. The van der Waals surface area contributed by atoms with Crippen LogP contribution in [0.3, 0.4) is 0 Å². The molecular weight excluding hydrogens is 222 g/mol. The van der Waals surface area contributed by atoms with Gasteiger partial charge in [-0.1, -0.05) is 13.3 Å². The van der Waals surface area contributed by atoms with Crippen LogP contribution < -0.4 is 5.32 Å². The molecule has 0 spiro atoms. The van der Waals surface area contributed by atoms with E-state index in [1.807, 2.05) is 6.92 Å². The molecule has 2 aliphatic heterocycles. The van der Waals surface area contributed by atoms with Gasteiger partial charge in [0.25, 0.3) is 0 Å². The fourth-order valence-corrected chi connectivity index (χ4v) is 2.83. The van der Waals surface area contributed by atoms with Crippen molar-refractivity contribution in [2.75, 3.05) is 6.54 Å². The van der Waals surface area contributed by atoms with Gasteiger partial charge in [0.2, 0.25) is 5.91 Å². The molecule has 2 N–H and O–H groups in total. The van der Waals surface area contributed by atoms with Crippen LogP contribution in [0.2, 0.25) is 0 Å². The maximum Gasteiger partial charge on any atom is 0.310 e. The molecule has 1 amide bonds. The largest absolute Gasteiger partial charge is 0.481 e. The maximum absolute atomic E-state index is 12.0. The highest BCUT2D eigenvalue weighted by atomic mass is 16.5. The number of unbranched alkanes of at least 4 members (excludes halogenated alkanes) is 1. The van der Waals surface area contributed by atoms with Gasteiger partial charge in [-0.05, 0) is 19.3 Å². The van der Waals surface area contributed by atoms with E-state index in [0.29, 0.717) is 6.54 Å². The van der Waals surface area contributed by atoms with Crippen LogP contribution >= 0.6 is 0 Å². The van der Waals surface area contributed by atoms with Gasteiger partial charge >= 0.3 is 5.97 Å². The SMILES string of the molecule is CCCCNC(=O)C1C2CCC(O2)C1C(=O)O. The molecule has 2 bridgehead atoms. The second-order valence-electron chi connectivity index (χ2n) is 4.82. The fourth-order valence-electron chi connectivity index (χ4n) is 2.83. The monoisotopic (exact) mass is 241 g/mol. The lowest BCUT2D eigenvalue weighted by molar-refractivity contribution is -0.147. The molecule has 0 radical (unpaired) electrons. The highest BCUT2D eigenvalue weighted by Gasteiger charge is 2.55. The third-order valence-corrected chi connectivity index (χ3v) is 3.69. The Kier molecular flexibility index (Phi) is 3.66. The number of carbonyl (C=O) groups excluding carboxylic acids is 1. The van der Waals surface area contributed by atoms with Crippen LogP contribution in [0.25, 0.3) is 0 Å². The number of hydrogen-bond acceptors (Lipinski definition) is 3. The predicted octanol–water partition coefficient (Wildman–Crippen LogP) is 0.781. The van der Waals surface area contributed by atoms with Gasteiger partial charge in [-0.2, -0.15) is 0 Å². The lowest BCUT2D eigenvalue weighted by Crippen LogP contribution is -2.44. The van der Waals surface area contributed by atoms with Crippen molar-refractivity contribution in [1.82, 2.24) is 5.32 Å². The van der Waals surface area contributed by atoms with E-state index in [1.165, 1.54) is 0 Å². The zero-order valence-electron chi connectivity index (χ0n) is 10.0. The standard InChI is InChI=1S/C12H19NO4/c1-2-3-6-13-11(14)9-7-4-5-8(17-7)10(9)12(15)16/h7-10H,2-6H2,1H3,(H,13,14)(H,15,16). The molecule has 5 nitrogen and oxygen atoms in total. The van der Waals surface area contributed by atoms with Crippen molar-refractivity contribution in [2.45, 2.75) is 44.8 Å². The van der Waals surface area contributed by atoms with Crippen LogP contribution in [-0.2, 0) is 14.3 Å². The molecule has 0 aromatic rings. The number of fused-ring (bicyclic) bond motifs is 2. The number of carboxylic acid groups (broad SMARTS) is 1. The molecule has 4 unspecified atom stereocenters. The van der Waals surface area contributed by atoms with Crippen LogP contribution in [0.1, 0.15) is 32.6 Å². The van der Waals surface area contributed by atoms with Crippen molar-refractivity contribution in [1.29, 1.82) is 0 Å². The third-order valence-electron chi connectivity index (χ3n) is 3.69. The lowest BCUT2D eigenvalue weighted by Gasteiger charge is -2.23. The van der Waals surface area contributed by atoms with E-state index in [2.05, 4.69) is 5.32 Å². The van der Waals surface area contributed by atoms with Gasteiger partial charge in [-0.15, -0.1) is 0 Å². The van der Waals surface area contributed by atoms with Crippen molar-refractivity contribution in [2.24, 2.45) is 11.8 Å². The minimum Gasteiger partial charge on any atom is -0.481 e. The van der Waals surface area contributed by atoms with Crippen molar-refractivity contribution >= 4 is 11.9 Å². The third kappa shape index (κ3) is 2.29. The summed E-state index contributed by atoms with van der Waals surface area (Å²) in [5, 5.41) is 12.0. The Morgan fingerprint density at radius 2 is 1.94 bits per heavy atom. The molecule has 2 rings (SSSR count). The Labute approximate surface area is 101 Å². The quantitative estimate of drug-likeness (QED) is 0.697. The first-order chi connectivity index (χ1) is 8.15. The van der Waals surface area contributed by atoms with E-state index in [0.717, 1.165) is 25.7 Å². The van der Waals surface area contributed by atoms with Crippen molar-refractivity contribution in [3.8, 4) is 0 Å². The molecule has 17 heavy (non-hydrogen) atoms. The summed E-state index contributed by atoms with van der Waals surface area (Å²) in [5.74, 6) is -2.22. The predicted molar refractivity (Wildman–Crippen MR) is 60.4 cm³/mol. The molecule has 96 valence electrons. The summed E-state index contributed by atoms with van der Waals surface area (Å²) in [6, 6.07) is 0. The normalized spacial score (nSPS) is 34.9. The summed E-state index contributed by atoms with van der Waals surface area (Å²) in [5.41, 5.74) is 0. The number of aliphatic carboxylic acids is 1.